The van der Waals surface area contributed by atoms with Gasteiger partial charge in [0.2, 0.25) is 0 Å². The Morgan fingerprint density at radius 3 is 2.35 bits per heavy atom. The lowest BCUT2D eigenvalue weighted by molar-refractivity contribution is 0.0985. The highest BCUT2D eigenvalue weighted by Crippen LogP contribution is 2.26. The second-order valence-corrected chi connectivity index (χ2v) is 4.59. The molecule has 4 heteroatoms. The molecule has 2 aromatic rings. The number of benzene rings is 2. The van der Waals surface area contributed by atoms with Gasteiger partial charge in [0.25, 0.3) is 5.91 Å². The summed E-state index contributed by atoms with van der Waals surface area (Å²) < 4.78 is 0. The fourth-order valence-electron chi connectivity index (χ4n) is 2.01. The van der Waals surface area contributed by atoms with Gasteiger partial charge in [0, 0.05) is 12.2 Å². The van der Waals surface area contributed by atoms with Crippen molar-refractivity contribution in [3.8, 4) is 11.5 Å². The zero-order valence-electron chi connectivity index (χ0n) is 11.5. The maximum atomic E-state index is 12.5. The Labute approximate surface area is 117 Å². The summed E-state index contributed by atoms with van der Waals surface area (Å²) in [5.74, 6) is -0.533. The van der Waals surface area contributed by atoms with Crippen molar-refractivity contribution in [2.24, 2.45) is 0 Å². The monoisotopic (exact) mass is 271 g/mol. The number of nitrogens with zero attached hydrogens (tertiary/aromatic N) is 1. The van der Waals surface area contributed by atoms with Crippen molar-refractivity contribution in [2.45, 2.75) is 13.8 Å². The molecule has 4 nitrogen and oxygen atoms in total. The van der Waals surface area contributed by atoms with Crippen LogP contribution in [0.15, 0.2) is 42.5 Å². The number of aromatic hydroxyl groups is 2. The predicted molar refractivity (Wildman–Crippen MR) is 78.3 cm³/mol. The summed E-state index contributed by atoms with van der Waals surface area (Å²) >= 11 is 0. The first kappa shape index (κ1) is 13.9. The molecule has 0 aliphatic heterocycles. The van der Waals surface area contributed by atoms with Crippen LogP contribution in [0.3, 0.4) is 0 Å². The number of anilines is 1. The number of phenolic OH excluding ortho intramolecular Hbond substituents is 2. The van der Waals surface area contributed by atoms with Crippen LogP contribution in [0.4, 0.5) is 5.69 Å². The summed E-state index contributed by atoms with van der Waals surface area (Å²) in [5, 5.41) is 19.2. The van der Waals surface area contributed by atoms with Crippen LogP contribution in [0, 0.1) is 6.92 Å². The van der Waals surface area contributed by atoms with Crippen LogP contribution in [0.2, 0.25) is 0 Å². The third-order valence-corrected chi connectivity index (χ3v) is 3.12. The van der Waals surface area contributed by atoms with Gasteiger partial charge in [-0.1, -0.05) is 17.7 Å². The first-order chi connectivity index (χ1) is 9.52. The fourth-order valence-corrected chi connectivity index (χ4v) is 2.01. The highest BCUT2D eigenvalue weighted by molar-refractivity contribution is 6.08. The molecule has 0 saturated heterocycles. The fraction of sp³-hybridized carbons (Fsp3) is 0.188. The number of hydrogen-bond acceptors (Lipinski definition) is 3. The second-order valence-electron chi connectivity index (χ2n) is 4.59. The van der Waals surface area contributed by atoms with E-state index in [0.29, 0.717) is 6.54 Å². The molecule has 0 heterocycles. The minimum Gasteiger partial charge on any atom is -0.508 e. The van der Waals surface area contributed by atoms with Crippen molar-refractivity contribution in [1.82, 2.24) is 0 Å². The molecule has 0 bridgehead atoms. The Hall–Kier alpha value is -2.49. The highest BCUT2D eigenvalue weighted by Gasteiger charge is 2.19. The van der Waals surface area contributed by atoms with Gasteiger partial charge >= 0.3 is 0 Å². The quantitative estimate of drug-likeness (QED) is 0.843. The lowest BCUT2D eigenvalue weighted by Crippen LogP contribution is -2.30. The van der Waals surface area contributed by atoms with E-state index in [1.807, 2.05) is 38.1 Å². The Kier molecular flexibility index (Phi) is 3.94. The molecular formula is C16H17NO3. The zero-order valence-corrected chi connectivity index (χ0v) is 11.5. The molecular weight excluding hydrogens is 254 g/mol. The molecule has 2 rings (SSSR count). The van der Waals surface area contributed by atoms with Crippen LogP contribution in [0.25, 0.3) is 0 Å². The van der Waals surface area contributed by atoms with Crippen molar-refractivity contribution >= 4 is 11.6 Å². The van der Waals surface area contributed by atoms with Crippen LogP contribution < -0.4 is 4.90 Å². The number of rotatable bonds is 3. The van der Waals surface area contributed by atoms with Crippen LogP contribution in [0.1, 0.15) is 22.8 Å². The number of aryl methyl sites for hydroxylation is 1. The van der Waals surface area contributed by atoms with Gasteiger partial charge in [0.05, 0.1) is 5.56 Å². The number of carbonyl (C=O) groups is 1. The van der Waals surface area contributed by atoms with Gasteiger partial charge in [-0.15, -0.1) is 0 Å². The Morgan fingerprint density at radius 2 is 1.75 bits per heavy atom. The first-order valence-corrected chi connectivity index (χ1v) is 6.43. The predicted octanol–water partition coefficient (Wildman–Crippen LogP) is 3.07. The van der Waals surface area contributed by atoms with Gasteiger partial charge in [-0.25, -0.2) is 0 Å². The molecule has 2 aromatic carbocycles. The van der Waals surface area contributed by atoms with Crippen molar-refractivity contribution in [1.29, 1.82) is 0 Å². The van der Waals surface area contributed by atoms with Gasteiger partial charge in [-0.2, -0.15) is 0 Å². The maximum absolute atomic E-state index is 12.5. The van der Waals surface area contributed by atoms with Crippen LogP contribution in [-0.2, 0) is 0 Å². The normalized spacial score (nSPS) is 10.3. The summed E-state index contributed by atoms with van der Waals surface area (Å²) in [7, 11) is 0. The summed E-state index contributed by atoms with van der Waals surface area (Å²) in [6.07, 6.45) is 0. The lowest BCUT2D eigenvalue weighted by atomic mass is 10.1. The van der Waals surface area contributed by atoms with E-state index in [1.165, 1.54) is 18.2 Å². The van der Waals surface area contributed by atoms with Crippen LogP contribution >= 0.6 is 0 Å². The molecule has 0 radical (unpaired) electrons. The highest BCUT2D eigenvalue weighted by atomic mass is 16.3. The van der Waals surface area contributed by atoms with Crippen molar-refractivity contribution in [3.05, 3.63) is 53.6 Å². The standard InChI is InChI=1S/C16H17NO3/c1-3-17(12-6-4-11(2)5-7-12)16(20)14-10-13(18)8-9-15(14)19/h4-10,18-19H,3H2,1-2H3. The van der Waals surface area contributed by atoms with Gasteiger partial charge in [-0.3, -0.25) is 4.79 Å². The molecule has 104 valence electrons. The molecule has 2 N–H and O–H groups in total. The molecule has 1 amide bonds. The molecule has 0 spiro atoms. The minimum atomic E-state index is -0.343. The SMILES string of the molecule is CCN(C(=O)c1cc(O)ccc1O)c1ccc(C)cc1. The van der Waals surface area contributed by atoms with E-state index >= 15 is 0 Å². The molecule has 0 aliphatic rings. The summed E-state index contributed by atoms with van der Waals surface area (Å²) in [6.45, 7) is 4.30. The Bertz CT molecular complexity index is 620. The minimum absolute atomic E-state index is 0.0499. The van der Waals surface area contributed by atoms with Gasteiger partial charge in [0.1, 0.15) is 11.5 Å². The van der Waals surface area contributed by atoms with Crippen molar-refractivity contribution < 1.29 is 15.0 Å². The average Bonchev–Trinajstić information content (AvgIpc) is 2.44. The number of amides is 1. The number of phenols is 2. The molecule has 0 fully saturated rings. The topological polar surface area (TPSA) is 60.8 Å². The molecule has 0 unspecified atom stereocenters. The zero-order chi connectivity index (χ0) is 14.7. The van der Waals surface area contributed by atoms with Gasteiger partial charge < -0.3 is 15.1 Å². The first-order valence-electron chi connectivity index (χ1n) is 6.43. The third kappa shape index (κ3) is 2.74. The van der Waals surface area contributed by atoms with Crippen molar-refractivity contribution in [2.75, 3.05) is 11.4 Å². The summed E-state index contributed by atoms with van der Waals surface area (Å²) in [5.41, 5.74) is 1.95. The molecule has 0 saturated carbocycles. The Morgan fingerprint density at radius 1 is 1.10 bits per heavy atom. The van der Waals surface area contributed by atoms with Gasteiger partial charge in [0.15, 0.2) is 0 Å². The van der Waals surface area contributed by atoms with E-state index in [2.05, 4.69) is 0 Å². The summed E-state index contributed by atoms with van der Waals surface area (Å²) in [6, 6.07) is 11.5. The van der Waals surface area contributed by atoms with E-state index in [0.717, 1.165) is 11.3 Å². The lowest BCUT2D eigenvalue weighted by Gasteiger charge is -2.21. The van der Waals surface area contributed by atoms with Crippen molar-refractivity contribution in [3.63, 3.8) is 0 Å². The maximum Gasteiger partial charge on any atom is 0.262 e. The van der Waals surface area contributed by atoms with E-state index in [-0.39, 0.29) is 23.0 Å². The third-order valence-electron chi connectivity index (χ3n) is 3.12. The van der Waals surface area contributed by atoms with E-state index in [1.54, 1.807) is 4.90 Å². The number of carbonyl (C=O) groups excluding carboxylic acids is 1. The largest absolute Gasteiger partial charge is 0.508 e. The van der Waals surface area contributed by atoms with Crippen LogP contribution in [0.5, 0.6) is 11.5 Å². The van der Waals surface area contributed by atoms with E-state index in [4.69, 9.17) is 0 Å². The van der Waals surface area contributed by atoms with E-state index in [9.17, 15) is 15.0 Å². The second kappa shape index (κ2) is 5.65. The van der Waals surface area contributed by atoms with Gasteiger partial charge in [-0.05, 0) is 44.2 Å². The Balaban J connectivity index is 2.38. The molecule has 0 aliphatic carbocycles. The summed E-state index contributed by atoms with van der Waals surface area (Å²) in [4.78, 5) is 14.0. The number of hydrogen-bond donors (Lipinski definition) is 2. The molecule has 20 heavy (non-hydrogen) atoms. The van der Waals surface area contributed by atoms with Crippen LogP contribution in [-0.4, -0.2) is 22.7 Å². The van der Waals surface area contributed by atoms with E-state index < -0.39 is 0 Å². The average molecular weight is 271 g/mol. The molecule has 0 aromatic heterocycles. The smallest absolute Gasteiger partial charge is 0.262 e. The molecule has 0 atom stereocenters.